The average molecular weight is 338 g/mol. The maximum atomic E-state index is 12.3. The Bertz CT molecular complexity index is 916. The van der Waals surface area contributed by atoms with Crippen LogP contribution in [0.2, 0.25) is 5.02 Å². The molecule has 1 aromatic carbocycles. The van der Waals surface area contributed by atoms with Crippen molar-refractivity contribution < 1.29 is 8.42 Å². The van der Waals surface area contributed by atoms with Gasteiger partial charge in [0, 0.05) is 24.3 Å². The minimum Gasteiger partial charge on any atom is -0.274 e. The maximum Gasteiger partial charge on any atom is 0.266 e. The van der Waals surface area contributed by atoms with Crippen LogP contribution >= 0.6 is 11.6 Å². The highest BCUT2D eigenvalue weighted by atomic mass is 35.5. The second-order valence-corrected chi connectivity index (χ2v) is 6.68. The van der Waals surface area contributed by atoms with E-state index in [-0.39, 0.29) is 4.90 Å². The molecule has 0 radical (unpaired) electrons. The summed E-state index contributed by atoms with van der Waals surface area (Å²) in [6.07, 6.45) is 4.20. The molecule has 1 N–H and O–H groups in total. The highest BCUT2D eigenvalue weighted by Gasteiger charge is 2.18. The molecule has 0 atom stereocenters. The van der Waals surface area contributed by atoms with Crippen molar-refractivity contribution in [2.45, 2.75) is 4.90 Å². The van der Waals surface area contributed by atoms with E-state index < -0.39 is 10.0 Å². The lowest BCUT2D eigenvalue weighted by molar-refractivity contribution is 0.600. The van der Waals surface area contributed by atoms with Crippen LogP contribution in [0.5, 0.6) is 0 Å². The SMILES string of the molecule is Cn1cc(S(=O)(=O)Nc2ccnn2-c2cccc(Cl)c2)cn1. The second-order valence-electron chi connectivity index (χ2n) is 4.56. The summed E-state index contributed by atoms with van der Waals surface area (Å²) in [5, 5.41) is 8.52. The first-order chi connectivity index (χ1) is 10.5. The highest BCUT2D eigenvalue weighted by Crippen LogP contribution is 2.21. The van der Waals surface area contributed by atoms with Crippen LogP contribution in [-0.2, 0) is 17.1 Å². The van der Waals surface area contributed by atoms with Gasteiger partial charge in [-0.25, -0.2) is 13.1 Å². The smallest absolute Gasteiger partial charge is 0.266 e. The van der Waals surface area contributed by atoms with Crippen LogP contribution in [0.25, 0.3) is 5.69 Å². The van der Waals surface area contributed by atoms with Gasteiger partial charge in [0.1, 0.15) is 10.7 Å². The molecule has 0 aliphatic carbocycles. The molecular weight excluding hydrogens is 326 g/mol. The topological polar surface area (TPSA) is 81.8 Å². The van der Waals surface area contributed by atoms with Crippen molar-refractivity contribution in [1.29, 1.82) is 0 Å². The molecule has 7 nitrogen and oxygen atoms in total. The first kappa shape index (κ1) is 14.6. The van der Waals surface area contributed by atoms with Gasteiger partial charge in [-0.3, -0.25) is 9.40 Å². The lowest BCUT2D eigenvalue weighted by atomic mass is 10.3. The van der Waals surface area contributed by atoms with E-state index in [9.17, 15) is 8.42 Å². The Balaban J connectivity index is 1.96. The summed E-state index contributed by atoms with van der Waals surface area (Å²) >= 11 is 5.96. The molecule has 22 heavy (non-hydrogen) atoms. The fraction of sp³-hybridized carbons (Fsp3) is 0.0769. The zero-order chi connectivity index (χ0) is 15.7. The Hall–Kier alpha value is -2.32. The van der Waals surface area contributed by atoms with Gasteiger partial charge in [-0.1, -0.05) is 17.7 Å². The molecule has 0 unspecified atom stereocenters. The van der Waals surface area contributed by atoms with Crippen LogP contribution < -0.4 is 4.72 Å². The molecule has 0 saturated heterocycles. The summed E-state index contributed by atoms with van der Waals surface area (Å²) in [5.41, 5.74) is 0.654. The normalized spacial score (nSPS) is 11.5. The predicted molar refractivity (Wildman–Crippen MR) is 82.6 cm³/mol. The predicted octanol–water partition coefficient (Wildman–Crippen LogP) is 2.06. The number of hydrogen-bond donors (Lipinski definition) is 1. The van der Waals surface area contributed by atoms with Crippen LogP contribution in [0, 0.1) is 0 Å². The van der Waals surface area contributed by atoms with E-state index in [4.69, 9.17) is 11.6 Å². The Kier molecular flexibility index (Phi) is 3.63. The lowest BCUT2D eigenvalue weighted by Gasteiger charge is -2.09. The lowest BCUT2D eigenvalue weighted by Crippen LogP contribution is -2.15. The Labute approximate surface area is 132 Å². The maximum absolute atomic E-state index is 12.3. The molecule has 0 fully saturated rings. The average Bonchev–Trinajstić information content (AvgIpc) is 3.07. The monoisotopic (exact) mass is 337 g/mol. The third kappa shape index (κ3) is 2.83. The number of hydrogen-bond acceptors (Lipinski definition) is 4. The molecule has 2 aromatic heterocycles. The largest absolute Gasteiger partial charge is 0.274 e. The van der Waals surface area contributed by atoms with Gasteiger partial charge < -0.3 is 0 Å². The van der Waals surface area contributed by atoms with Crippen molar-refractivity contribution in [3.63, 3.8) is 0 Å². The van der Waals surface area contributed by atoms with Gasteiger partial charge in [-0.05, 0) is 18.2 Å². The van der Waals surface area contributed by atoms with Gasteiger partial charge >= 0.3 is 0 Å². The van der Waals surface area contributed by atoms with E-state index in [0.29, 0.717) is 16.5 Å². The number of nitrogens with one attached hydrogen (secondary N) is 1. The molecule has 9 heteroatoms. The zero-order valence-corrected chi connectivity index (χ0v) is 13.1. The van der Waals surface area contributed by atoms with Gasteiger partial charge in [0.2, 0.25) is 0 Å². The first-order valence-electron chi connectivity index (χ1n) is 6.27. The highest BCUT2D eigenvalue weighted by molar-refractivity contribution is 7.92. The van der Waals surface area contributed by atoms with Crippen molar-refractivity contribution in [2.24, 2.45) is 7.05 Å². The second kappa shape index (κ2) is 5.47. The molecule has 3 rings (SSSR count). The fourth-order valence-corrected chi connectivity index (χ4v) is 3.14. The Morgan fingerprint density at radius 3 is 2.73 bits per heavy atom. The third-order valence-electron chi connectivity index (χ3n) is 2.93. The standard InChI is InChI=1S/C13H12ClN5O2S/c1-18-9-12(8-16-18)22(20,21)17-13-5-6-15-19(13)11-4-2-3-10(14)7-11/h2-9,17H,1H3. The number of nitrogens with zero attached hydrogens (tertiary/aromatic N) is 4. The van der Waals surface area contributed by atoms with Gasteiger partial charge in [0.25, 0.3) is 10.0 Å². The summed E-state index contributed by atoms with van der Waals surface area (Å²) in [7, 11) is -2.08. The van der Waals surface area contributed by atoms with Gasteiger partial charge in [0.15, 0.2) is 0 Å². The molecule has 114 valence electrons. The quantitative estimate of drug-likeness (QED) is 0.790. The van der Waals surface area contributed by atoms with Gasteiger partial charge in [-0.15, -0.1) is 0 Å². The molecular formula is C13H12ClN5O2S. The number of sulfonamides is 1. The molecule has 0 aliphatic heterocycles. The zero-order valence-electron chi connectivity index (χ0n) is 11.5. The molecule has 3 aromatic rings. The van der Waals surface area contributed by atoms with E-state index >= 15 is 0 Å². The summed E-state index contributed by atoms with van der Waals surface area (Å²) in [4.78, 5) is 0.0776. The molecule has 0 amide bonds. The van der Waals surface area contributed by atoms with Crippen molar-refractivity contribution in [1.82, 2.24) is 19.6 Å². The minimum absolute atomic E-state index is 0.0776. The van der Waals surface area contributed by atoms with Gasteiger partial charge in [0.05, 0.1) is 18.1 Å². The number of anilines is 1. The van der Waals surface area contributed by atoms with Crippen LogP contribution in [0.4, 0.5) is 5.82 Å². The van der Waals surface area contributed by atoms with E-state index in [0.717, 1.165) is 0 Å². The number of benzene rings is 1. The molecule has 0 saturated carbocycles. The van der Waals surface area contributed by atoms with E-state index in [2.05, 4.69) is 14.9 Å². The number of rotatable bonds is 4. The summed E-state index contributed by atoms with van der Waals surface area (Å²) in [6, 6.07) is 8.53. The number of halogens is 1. The minimum atomic E-state index is -3.73. The van der Waals surface area contributed by atoms with Crippen molar-refractivity contribution in [3.05, 3.63) is 53.9 Å². The van der Waals surface area contributed by atoms with Crippen LogP contribution in [0.3, 0.4) is 0 Å². The summed E-state index contributed by atoms with van der Waals surface area (Å²) in [5.74, 6) is 0.311. The molecule has 0 spiro atoms. The van der Waals surface area contributed by atoms with Crippen molar-refractivity contribution in [2.75, 3.05) is 4.72 Å². The van der Waals surface area contributed by atoms with Crippen LogP contribution in [0.1, 0.15) is 0 Å². The fourth-order valence-electron chi connectivity index (χ4n) is 1.93. The Morgan fingerprint density at radius 1 is 1.23 bits per heavy atom. The third-order valence-corrected chi connectivity index (χ3v) is 4.47. The summed E-state index contributed by atoms with van der Waals surface area (Å²) < 4.78 is 30.0. The number of aryl methyl sites for hydroxylation is 1. The molecule has 2 heterocycles. The van der Waals surface area contributed by atoms with Crippen LogP contribution in [-0.4, -0.2) is 28.0 Å². The van der Waals surface area contributed by atoms with Gasteiger partial charge in [-0.2, -0.15) is 10.2 Å². The van der Waals surface area contributed by atoms with Crippen LogP contribution in [0.15, 0.2) is 53.8 Å². The van der Waals surface area contributed by atoms with Crippen molar-refractivity contribution in [3.8, 4) is 5.69 Å². The van der Waals surface area contributed by atoms with Crippen molar-refractivity contribution >= 4 is 27.4 Å². The number of aromatic nitrogens is 4. The Morgan fingerprint density at radius 2 is 2.05 bits per heavy atom. The molecule has 0 aliphatic rings. The van der Waals surface area contributed by atoms with E-state index in [1.165, 1.54) is 28.0 Å². The molecule has 0 bridgehead atoms. The summed E-state index contributed by atoms with van der Waals surface area (Å²) in [6.45, 7) is 0. The van der Waals surface area contributed by atoms with E-state index in [1.54, 1.807) is 37.4 Å². The van der Waals surface area contributed by atoms with E-state index in [1.807, 2.05) is 0 Å². The first-order valence-corrected chi connectivity index (χ1v) is 8.13.